The van der Waals surface area contributed by atoms with Gasteiger partial charge in [0.25, 0.3) is 0 Å². The molecule has 1 aromatic rings. The van der Waals surface area contributed by atoms with Crippen LogP contribution in [0.2, 0.25) is 5.02 Å². The summed E-state index contributed by atoms with van der Waals surface area (Å²) >= 11 is 5.84. The average molecular weight is 316 g/mol. The minimum Gasteiger partial charge on any atom is -0.329 e. The van der Waals surface area contributed by atoms with E-state index in [4.69, 9.17) is 17.3 Å². The zero-order chi connectivity index (χ0) is 16.0. The van der Waals surface area contributed by atoms with Crippen LogP contribution in [0, 0.1) is 11.7 Å². The van der Waals surface area contributed by atoms with Crippen LogP contribution < -0.4 is 5.73 Å². The van der Waals surface area contributed by atoms with Crippen molar-refractivity contribution in [1.29, 1.82) is 0 Å². The number of nitrogens with two attached hydrogens (primary N) is 1. The van der Waals surface area contributed by atoms with Gasteiger partial charge in [0.1, 0.15) is 5.82 Å². The molecule has 0 amide bonds. The number of nitrogens with zero attached hydrogens (tertiary/aromatic N) is 2. The van der Waals surface area contributed by atoms with Gasteiger partial charge in [-0.05, 0) is 32.1 Å². The second-order valence-corrected chi connectivity index (χ2v) is 6.55. The van der Waals surface area contributed by atoms with Gasteiger partial charge in [-0.15, -0.1) is 0 Å². The Bertz CT molecular complexity index is 438. The molecule has 0 saturated heterocycles. The van der Waals surface area contributed by atoms with Crippen molar-refractivity contribution in [2.24, 2.45) is 11.7 Å². The predicted molar refractivity (Wildman–Crippen MR) is 88.2 cm³/mol. The van der Waals surface area contributed by atoms with Crippen molar-refractivity contribution < 1.29 is 4.39 Å². The molecule has 3 nitrogen and oxygen atoms in total. The van der Waals surface area contributed by atoms with E-state index in [1.165, 1.54) is 6.07 Å². The first kappa shape index (κ1) is 18.4. The van der Waals surface area contributed by atoms with Crippen LogP contribution in [0.15, 0.2) is 18.2 Å². The first-order valence-corrected chi connectivity index (χ1v) is 7.76. The molecule has 120 valence electrons. The lowest BCUT2D eigenvalue weighted by atomic mass is 10.0. The second kappa shape index (κ2) is 8.69. The first-order chi connectivity index (χ1) is 9.85. The third-order valence-electron chi connectivity index (χ3n) is 3.42. The molecule has 1 unspecified atom stereocenters. The molecule has 1 aromatic carbocycles. The summed E-state index contributed by atoms with van der Waals surface area (Å²) in [6, 6.07) is 4.71. The van der Waals surface area contributed by atoms with Gasteiger partial charge in [0.2, 0.25) is 0 Å². The highest BCUT2D eigenvalue weighted by Crippen LogP contribution is 2.25. The molecule has 0 fully saturated rings. The molecule has 0 spiro atoms. The molecule has 1 rings (SSSR count). The Hall–Kier alpha value is -0.680. The zero-order valence-corrected chi connectivity index (χ0v) is 14.2. The van der Waals surface area contributed by atoms with Gasteiger partial charge in [-0.2, -0.15) is 0 Å². The van der Waals surface area contributed by atoms with E-state index in [-0.39, 0.29) is 11.9 Å². The normalized spacial score (nSPS) is 13.4. The number of hydrogen-bond acceptors (Lipinski definition) is 3. The van der Waals surface area contributed by atoms with E-state index in [1.807, 2.05) is 14.1 Å². The van der Waals surface area contributed by atoms with Crippen molar-refractivity contribution in [1.82, 2.24) is 9.80 Å². The molecule has 0 radical (unpaired) electrons. The summed E-state index contributed by atoms with van der Waals surface area (Å²) in [4.78, 5) is 4.39. The lowest BCUT2D eigenvalue weighted by Gasteiger charge is -2.33. The molecule has 0 aromatic heterocycles. The molecule has 21 heavy (non-hydrogen) atoms. The van der Waals surface area contributed by atoms with Crippen LogP contribution in [0.4, 0.5) is 4.39 Å². The van der Waals surface area contributed by atoms with Crippen molar-refractivity contribution in [3.63, 3.8) is 0 Å². The summed E-state index contributed by atoms with van der Waals surface area (Å²) in [7, 11) is 4.07. The lowest BCUT2D eigenvalue weighted by Crippen LogP contribution is -2.40. The molecule has 0 aliphatic carbocycles. The summed E-state index contributed by atoms with van der Waals surface area (Å²) < 4.78 is 14.2. The number of benzene rings is 1. The monoisotopic (exact) mass is 315 g/mol. The lowest BCUT2D eigenvalue weighted by molar-refractivity contribution is 0.161. The highest BCUT2D eigenvalue weighted by molar-refractivity contribution is 6.30. The summed E-state index contributed by atoms with van der Waals surface area (Å²) in [6.45, 7) is 7.37. The largest absolute Gasteiger partial charge is 0.329 e. The maximum atomic E-state index is 14.2. The number of halogens is 2. The molecule has 5 heteroatoms. The van der Waals surface area contributed by atoms with Gasteiger partial charge in [-0.25, -0.2) is 4.39 Å². The Kier molecular flexibility index (Phi) is 7.60. The maximum absolute atomic E-state index is 14.2. The Balaban J connectivity index is 2.98. The Labute approximate surface area is 132 Å². The maximum Gasteiger partial charge on any atom is 0.129 e. The highest BCUT2D eigenvalue weighted by atomic mass is 35.5. The van der Waals surface area contributed by atoms with Gasteiger partial charge in [0, 0.05) is 42.8 Å². The minimum atomic E-state index is -0.281. The quantitative estimate of drug-likeness (QED) is 0.800. The van der Waals surface area contributed by atoms with Gasteiger partial charge in [-0.3, -0.25) is 4.90 Å². The molecule has 0 aliphatic rings. The third kappa shape index (κ3) is 5.91. The van der Waals surface area contributed by atoms with Gasteiger partial charge < -0.3 is 10.6 Å². The smallest absolute Gasteiger partial charge is 0.129 e. The predicted octanol–water partition coefficient (Wildman–Crippen LogP) is 3.00. The first-order valence-electron chi connectivity index (χ1n) is 7.39. The fraction of sp³-hybridized carbons (Fsp3) is 0.625. The fourth-order valence-electron chi connectivity index (χ4n) is 2.42. The topological polar surface area (TPSA) is 32.5 Å². The van der Waals surface area contributed by atoms with E-state index in [9.17, 15) is 4.39 Å². The van der Waals surface area contributed by atoms with Crippen LogP contribution in [0.25, 0.3) is 0 Å². The molecule has 0 bridgehead atoms. The van der Waals surface area contributed by atoms with Crippen molar-refractivity contribution >= 4 is 11.6 Å². The number of likely N-dealkylation sites (N-methyl/N-ethyl adjacent to an activating group) is 1. The third-order valence-corrected chi connectivity index (χ3v) is 3.65. The van der Waals surface area contributed by atoms with E-state index >= 15 is 0 Å². The van der Waals surface area contributed by atoms with Crippen LogP contribution >= 0.6 is 11.6 Å². The van der Waals surface area contributed by atoms with Crippen LogP contribution in [0.1, 0.15) is 25.5 Å². The number of hydrogen-bond donors (Lipinski definition) is 1. The molecule has 1 atom stereocenters. The van der Waals surface area contributed by atoms with E-state index in [1.54, 1.807) is 12.1 Å². The molecular weight excluding hydrogens is 289 g/mol. The molecule has 0 aliphatic heterocycles. The highest BCUT2D eigenvalue weighted by Gasteiger charge is 2.22. The van der Waals surface area contributed by atoms with Crippen molar-refractivity contribution in [3.05, 3.63) is 34.6 Å². The van der Waals surface area contributed by atoms with Crippen LogP contribution in [-0.4, -0.2) is 50.1 Å². The van der Waals surface area contributed by atoms with Crippen molar-refractivity contribution in [2.45, 2.75) is 19.9 Å². The standard InChI is InChI=1S/C16H27ClFN3/c1-12(2)11-21(8-7-20(3)4)16(10-19)14-6-5-13(17)9-15(14)18/h5-6,9,12,16H,7-8,10-11,19H2,1-4H3. The fourth-order valence-corrected chi connectivity index (χ4v) is 2.58. The number of rotatable bonds is 8. The summed E-state index contributed by atoms with van der Waals surface area (Å²) in [5.41, 5.74) is 6.57. The molecular formula is C16H27ClFN3. The molecule has 2 N–H and O–H groups in total. The minimum absolute atomic E-state index is 0.121. The van der Waals surface area contributed by atoms with Gasteiger partial charge in [0.05, 0.1) is 0 Å². The van der Waals surface area contributed by atoms with E-state index in [0.29, 0.717) is 23.0 Å². The Morgan fingerprint density at radius 2 is 1.90 bits per heavy atom. The SMILES string of the molecule is CC(C)CN(CCN(C)C)C(CN)c1ccc(Cl)cc1F. The van der Waals surface area contributed by atoms with Crippen LogP contribution in [-0.2, 0) is 0 Å². The average Bonchev–Trinajstić information content (AvgIpc) is 2.38. The molecule has 0 saturated carbocycles. The van der Waals surface area contributed by atoms with Crippen molar-refractivity contribution in [2.75, 3.05) is 40.3 Å². The van der Waals surface area contributed by atoms with E-state index < -0.39 is 0 Å². The second-order valence-electron chi connectivity index (χ2n) is 6.11. The Morgan fingerprint density at radius 3 is 2.38 bits per heavy atom. The zero-order valence-electron chi connectivity index (χ0n) is 13.4. The van der Waals surface area contributed by atoms with Gasteiger partial charge >= 0.3 is 0 Å². The summed E-state index contributed by atoms with van der Waals surface area (Å²) in [6.07, 6.45) is 0. The Morgan fingerprint density at radius 1 is 1.24 bits per heavy atom. The van der Waals surface area contributed by atoms with Crippen LogP contribution in [0.3, 0.4) is 0 Å². The van der Waals surface area contributed by atoms with Crippen molar-refractivity contribution in [3.8, 4) is 0 Å². The van der Waals surface area contributed by atoms with Gasteiger partial charge in [0.15, 0.2) is 0 Å². The van der Waals surface area contributed by atoms with E-state index in [0.717, 1.165) is 19.6 Å². The summed E-state index contributed by atoms with van der Waals surface area (Å²) in [5, 5.41) is 0.413. The molecule has 0 heterocycles. The summed E-state index contributed by atoms with van der Waals surface area (Å²) in [5.74, 6) is 0.216. The van der Waals surface area contributed by atoms with Crippen LogP contribution in [0.5, 0.6) is 0 Å². The van der Waals surface area contributed by atoms with E-state index in [2.05, 4.69) is 23.6 Å². The van der Waals surface area contributed by atoms with Gasteiger partial charge in [-0.1, -0.05) is 31.5 Å².